The summed E-state index contributed by atoms with van der Waals surface area (Å²) in [5.74, 6) is 0.469. The molecule has 4 nitrogen and oxygen atoms in total. The van der Waals surface area contributed by atoms with Crippen LogP contribution in [0.3, 0.4) is 0 Å². The maximum absolute atomic E-state index is 5.89. The Balaban J connectivity index is 2.87. The van der Waals surface area contributed by atoms with Gasteiger partial charge in [-0.1, -0.05) is 20.8 Å². The first kappa shape index (κ1) is 15.5. The summed E-state index contributed by atoms with van der Waals surface area (Å²) in [7, 11) is 0. The molecule has 3 N–H and O–H groups in total. The number of nitrogens with one attached hydrogen (secondary N) is 1. The highest BCUT2D eigenvalue weighted by Gasteiger charge is 2.17. The highest BCUT2D eigenvalue weighted by atomic mass is 15.1. The van der Waals surface area contributed by atoms with Gasteiger partial charge in [0.1, 0.15) is 0 Å². The van der Waals surface area contributed by atoms with Crippen LogP contribution in [0.25, 0.3) is 0 Å². The maximum atomic E-state index is 5.89. The summed E-state index contributed by atoms with van der Waals surface area (Å²) in [6.07, 6.45) is 3.69. The van der Waals surface area contributed by atoms with E-state index in [1.54, 1.807) is 0 Å². The second-order valence-electron chi connectivity index (χ2n) is 6.86. The van der Waals surface area contributed by atoms with Crippen molar-refractivity contribution in [3.8, 4) is 0 Å². The van der Waals surface area contributed by atoms with Crippen molar-refractivity contribution in [2.75, 3.05) is 0 Å². The minimum absolute atomic E-state index is 0.0740. The number of aromatic nitrogens is 1. The van der Waals surface area contributed by atoms with Crippen molar-refractivity contribution >= 4 is 5.96 Å². The fourth-order valence-electron chi connectivity index (χ4n) is 1.88. The van der Waals surface area contributed by atoms with Crippen molar-refractivity contribution in [1.29, 1.82) is 0 Å². The molecule has 19 heavy (non-hydrogen) atoms. The van der Waals surface area contributed by atoms with Crippen molar-refractivity contribution in [3.05, 3.63) is 29.6 Å². The Kier molecular flexibility index (Phi) is 4.56. The van der Waals surface area contributed by atoms with Gasteiger partial charge in [-0.15, -0.1) is 0 Å². The summed E-state index contributed by atoms with van der Waals surface area (Å²) in [6, 6.07) is 2.05. The number of pyridine rings is 1. The molecule has 0 saturated heterocycles. The zero-order chi connectivity index (χ0) is 14.7. The van der Waals surface area contributed by atoms with Crippen LogP contribution in [0.4, 0.5) is 0 Å². The van der Waals surface area contributed by atoms with Gasteiger partial charge in [-0.3, -0.25) is 4.98 Å². The highest BCUT2D eigenvalue weighted by molar-refractivity contribution is 5.78. The smallest absolute Gasteiger partial charge is 0.189 e. The van der Waals surface area contributed by atoms with Crippen molar-refractivity contribution in [2.24, 2.45) is 10.7 Å². The van der Waals surface area contributed by atoms with E-state index in [4.69, 9.17) is 5.73 Å². The standard InChI is InChI=1S/C15H26N4/c1-14(2,3)12-7-8-17-9-11(12)10-18-13(16)19-15(4,5)6/h7-9H,10H2,1-6H3,(H3,16,18,19). The van der Waals surface area contributed by atoms with Crippen LogP contribution in [0.2, 0.25) is 0 Å². The third-order valence-corrected chi connectivity index (χ3v) is 2.63. The van der Waals surface area contributed by atoms with E-state index in [1.165, 1.54) is 5.56 Å². The molecule has 1 aromatic heterocycles. The number of hydrogen-bond donors (Lipinski definition) is 2. The Labute approximate surface area is 116 Å². The molecule has 0 aliphatic heterocycles. The van der Waals surface area contributed by atoms with Gasteiger partial charge in [-0.05, 0) is 43.4 Å². The fraction of sp³-hybridized carbons (Fsp3) is 0.600. The van der Waals surface area contributed by atoms with Crippen LogP contribution in [0.15, 0.2) is 23.5 Å². The lowest BCUT2D eigenvalue weighted by atomic mass is 9.85. The number of guanidine groups is 1. The molecule has 0 fully saturated rings. The predicted octanol–water partition coefficient (Wildman–Crippen LogP) is 2.58. The molecule has 1 heterocycles. The van der Waals surface area contributed by atoms with Crippen molar-refractivity contribution in [1.82, 2.24) is 10.3 Å². The number of rotatable bonds is 2. The van der Waals surface area contributed by atoms with Gasteiger partial charge in [0.25, 0.3) is 0 Å². The molecule has 1 aromatic rings. The van der Waals surface area contributed by atoms with Crippen molar-refractivity contribution in [3.63, 3.8) is 0 Å². The summed E-state index contributed by atoms with van der Waals surface area (Å²) in [4.78, 5) is 8.58. The molecule has 0 amide bonds. The zero-order valence-electron chi connectivity index (χ0n) is 12.9. The van der Waals surface area contributed by atoms with E-state index in [0.29, 0.717) is 12.5 Å². The lowest BCUT2D eigenvalue weighted by Gasteiger charge is -2.23. The summed E-state index contributed by atoms with van der Waals surface area (Å²) < 4.78 is 0. The number of nitrogens with two attached hydrogens (primary N) is 1. The third-order valence-electron chi connectivity index (χ3n) is 2.63. The molecule has 0 aliphatic carbocycles. The van der Waals surface area contributed by atoms with E-state index in [-0.39, 0.29) is 11.0 Å². The lowest BCUT2D eigenvalue weighted by Crippen LogP contribution is -2.45. The molecular weight excluding hydrogens is 236 g/mol. The molecule has 0 atom stereocenters. The summed E-state index contributed by atoms with van der Waals surface area (Å²) >= 11 is 0. The third kappa shape index (κ3) is 5.28. The van der Waals surface area contributed by atoms with Gasteiger partial charge in [0.2, 0.25) is 0 Å². The SMILES string of the molecule is CC(C)(C)NC(N)=NCc1cnccc1C(C)(C)C. The first-order valence-corrected chi connectivity index (χ1v) is 6.61. The monoisotopic (exact) mass is 262 g/mol. The summed E-state index contributed by atoms with van der Waals surface area (Å²) in [6.45, 7) is 13.3. The molecular formula is C15H26N4. The van der Waals surface area contributed by atoms with Crippen LogP contribution in [0.5, 0.6) is 0 Å². The normalized spacial score (nSPS) is 13.5. The second-order valence-corrected chi connectivity index (χ2v) is 6.86. The molecule has 0 saturated carbocycles. The van der Waals surface area contributed by atoms with Gasteiger partial charge in [-0.25, -0.2) is 4.99 Å². The first-order chi connectivity index (χ1) is 8.59. The Morgan fingerprint density at radius 3 is 2.42 bits per heavy atom. The molecule has 0 aliphatic rings. The predicted molar refractivity (Wildman–Crippen MR) is 81.2 cm³/mol. The Morgan fingerprint density at radius 2 is 1.89 bits per heavy atom. The van der Waals surface area contributed by atoms with Crippen LogP contribution in [-0.4, -0.2) is 16.5 Å². The average molecular weight is 262 g/mol. The minimum atomic E-state index is -0.0740. The van der Waals surface area contributed by atoms with Crippen LogP contribution >= 0.6 is 0 Å². The molecule has 1 rings (SSSR count). The number of hydrogen-bond acceptors (Lipinski definition) is 2. The second kappa shape index (κ2) is 5.59. The van der Waals surface area contributed by atoms with Gasteiger partial charge in [0, 0.05) is 17.9 Å². The highest BCUT2D eigenvalue weighted by Crippen LogP contribution is 2.25. The summed E-state index contributed by atoms with van der Waals surface area (Å²) in [5.41, 5.74) is 8.27. The lowest BCUT2D eigenvalue weighted by molar-refractivity contribution is 0.508. The largest absolute Gasteiger partial charge is 0.370 e. The number of aliphatic imine (C=N–C) groups is 1. The fourth-order valence-corrected chi connectivity index (χ4v) is 1.88. The first-order valence-electron chi connectivity index (χ1n) is 6.61. The summed E-state index contributed by atoms with van der Waals surface area (Å²) in [5, 5.41) is 3.15. The van der Waals surface area contributed by atoms with Crippen LogP contribution in [0.1, 0.15) is 52.7 Å². The van der Waals surface area contributed by atoms with Gasteiger partial charge in [0.05, 0.1) is 6.54 Å². The van der Waals surface area contributed by atoms with E-state index in [0.717, 1.165) is 5.56 Å². The molecule has 0 spiro atoms. The molecule has 0 unspecified atom stereocenters. The van der Waals surface area contributed by atoms with Gasteiger partial charge >= 0.3 is 0 Å². The van der Waals surface area contributed by atoms with E-state index in [2.05, 4.69) is 62.9 Å². The van der Waals surface area contributed by atoms with Crippen LogP contribution in [0, 0.1) is 0 Å². The topological polar surface area (TPSA) is 63.3 Å². The molecule has 0 aromatic carbocycles. The van der Waals surface area contributed by atoms with E-state index in [1.807, 2.05) is 12.4 Å². The Morgan fingerprint density at radius 1 is 1.26 bits per heavy atom. The maximum Gasteiger partial charge on any atom is 0.189 e. The quantitative estimate of drug-likeness (QED) is 0.636. The van der Waals surface area contributed by atoms with E-state index < -0.39 is 0 Å². The average Bonchev–Trinajstić information content (AvgIpc) is 2.23. The molecule has 4 heteroatoms. The van der Waals surface area contributed by atoms with Gasteiger partial charge < -0.3 is 11.1 Å². The molecule has 106 valence electrons. The minimum Gasteiger partial charge on any atom is -0.370 e. The van der Waals surface area contributed by atoms with Gasteiger partial charge in [-0.2, -0.15) is 0 Å². The molecule has 0 bridgehead atoms. The van der Waals surface area contributed by atoms with Crippen LogP contribution in [-0.2, 0) is 12.0 Å². The number of nitrogens with zero attached hydrogens (tertiary/aromatic N) is 2. The van der Waals surface area contributed by atoms with E-state index in [9.17, 15) is 0 Å². The Hall–Kier alpha value is -1.58. The van der Waals surface area contributed by atoms with Crippen molar-refractivity contribution < 1.29 is 0 Å². The zero-order valence-corrected chi connectivity index (χ0v) is 12.9. The molecule has 0 radical (unpaired) electrons. The van der Waals surface area contributed by atoms with E-state index >= 15 is 0 Å². The van der Waals surface area contributed by atoms with Crippen molar-refractivity contribution in [2.45, 2.75) is 59.0 Å². The van der Waals surface area contributed by atoms with Crippen LogP contribution < -0.4 is 11.1 Å². The van der Waals surface area contributed by atoms with Gasteiger partial charge in [0.15, 0.2) is 5.96 Å². The Bertz CT molecular complexity index is 450.